The zero-order chi connectivity index (χ0) is 18.4. The Kier molecular flexibility index (Phi) is 5.69. The highest BCUT2D eigenvalue weighted by molar-refractivity contribution is 5.81. The second kappa shape index (κ2) is 8.34. The molecule has 0 radical (unpaired) electrons. The summed E-state index contributed by atoms with van der Waals surface area (Å²) in [5.74, 6) is 0.581. The highest BCUT2D eigenvalue weighted by Gasteiger charge is 2.21. The predicted octanol–water partition coefficient (Wildman–Crippen LogP) is 4.67. The number of amides is 1. The van der Waals surface area contributed by atoms with Gasteiger partial charge in [0, 0.05) is 0 Å². The number of carbonyl (C=O) groups excluding carboxylic acids is 1. The van der Waals surface area contributed by atoms with Crippen molar-refractivity contribution in [3.63, 3.8) is 0 Å². The summed E-state index contributed by atoms with van der Waals surface area (Å²) in [6.45, 7) is 3.74. The van der Waals surface area contributed by atoms with Crippen molar-refractivity contribution in [2.24, 2.45) is 0 Å². The van der Waals surface area contributed by atoms with Crippen molar-refractivity contribution in [3.05, 3.63) is 102 Å². The minimum absolute atomic E-state index is 0.147. The molecule has 26 heavy (non-hydrogen) atoms. The lowest BCUT2D eigenvalue weighted by Gasteiger charge is -2.23. The van der Waals surface area contributed by atoms with Crippen LogP contribution in [0.5, 0.6) is 5.75 Å². The van der Waals surface area contributed by atoms with Gasteiger partial charge in [-0.3, -0.25) is 4.79 Å². The standard InChI is InChI=1S/C23H23NO2/c1-17-11-9-10-16-21(17)26-18(2)23(25)24-22(19-12-5-3-6-13-19)20-14-7-4-8-15-20/h3-16,18,22H,1-2H3,(H,24,25)/t18-/m1/s1. The number of hydrogen-bond acceptors (Lipinski definition) is 2. The molecule has 0 aliphatic carbocycles. The van der Waals surface area contributed by atoms with Gasteiger partial charge < -0.3 is 10.1 Å². The van der Waals surface area contributed by atoms with Crippen LogP contribution < -0.4 is 10.1 Å². The molecule has 3 heteroatoms. The fraction of sp³-hybridized carbons (Fsp3) is 0.174. The third-order valence-corrected chi connectivity index (χ3v) is 4.32. The van der Waals surface area contributed by atoms with Crippen molar-refractivity contribution in [1.82, 2.24) is 5.32 Å². The molecule has 3 aromatic carbocycles. The molecule has 3 nitrogen and oxygen atoms in total. The molecule has 0 saturated heterocycles. The molecule has 1 amide bonds. The van der Waals surface area contributed by atoms with Gasteiger partial charge >= 0.3 is 0 Å². The van der Waals surface area contributed by atoms with Gasteiger partial charge in [0.25, 0.3) is 5.91 Å². The van der Waals surface area contributed by atoms with Gasteiger partial charge in [0.15, 0.2) is 6.10 Å². The number of hydrogen-bond donors (Lipinski definition) is 1. The number of rotatable bonds is 6. The molecule has 0 spiro atoms. The Morgan fingerprint density at radius 3 is 1.85 bits per heavy atom. The summed E-state index contributed by atoms with van der Waals surface area (Å²) in [5, 5.41) is 3.13. The highest BCUT2D eigenvalue weighted by atomic mass is 16.5. The number of carbonyl (C=O) groups is 1. The molecule has 0 aliphatic rings. The van der Waals surface area contributed by atoms with Crippen LogP contribution in [-0.2, 0) is 4.79 Å². The van der Waals surface area contributed by atoms with E-state index >= 15 is 0 Å². The van der Waals surface area contributed by atoms with Crippen molar-refractivity contribution in [2.75, 3.05) is 0 Å². The average Bonchev–Trinajstić information content (AvgIpc) is 2.69. The van der Waals surface area contributed by atoms with E-state index in [0.29, 0.717) is 0 Å². The Morgan fingerprint density at radius 1 is 0.808 bits per heavy atom. The maximum Gasteiger partial charge on any atom is 0.261 e. The Morgan fingerprint density at radius 2 is 1.31 bits per heavy atom. The largest absolute Gasteiger partial charge is 0.481 e. The fourth-order valence-electron chi connectivity index (χ4n) is 2.84. The zero-order valence-corrected chi connectivity index (χ0v) is 15.1. The molecular formula is C23H23NO2. The number of benzene rings is 3. The molecule has 0 saturated carbocycles. The lowest BCUT2D eigenvalue weighted by molar-refractivity contribution is -0.127. The van der Waals surface area contributed by atoms with Crippen LogP contribution in [-0.4, -0.2) is 12.0 Å². The molecule has 0 heterocycles. The van der Waals surface area contributed by atoms with E-state index in [9.17, 15) is 4.79 Å². The van der Waals surface area contributed by atoms with E-state index in [0.717, 1.165) is 22.4 Å². The maximum absolute atomic E-state index is 12.8. The van der Waals surface area contributed by atoms with E-state index in [-0.39, 0.29) is 11.9 Å². The zero-order valence-electron chi connectivity index (χ0n) is 15.1. The molecule has 0 aromatic heterocycles. The van der Waals surface area contributed by atoms with Gasteiger partial charge in [-0.05, 0) is 36.6 Å². The first-order valence-electron chi connectivity index (χ1n) is 8.77. The third-order valence-electron chi connectivity index (χ3n) is 4.32. The predicted molar refractivity (Wildman–Crippen MR) is 104 cm³/mol. The molecule has 3 rings (SSSR count). The van der Waals surface area contributed by atoms with Gasteiger partial charge in [-0.1, -0.05) is 78.9 Å². The summed E-state index contributed by atoms with van der Waals surface area (Å²) < 4.78 is 5.87. The smallest absolute Gasteiger partial charge is 0.261 e. The Bertz CT molecular complexity index is 807. The number of para-hydroxylation sites is 1. The van der Waals surface area contributed by atoms with Crippen LogP contribution in [0.25, 0.3) is 0 Å². The monoisotopic (exact) mass is 345 g/mol. The topological polar surface area (TPSA) is 38.3 Å². The first-order valence-corrected chi connectivity index (χ1v) is 8.77. The number of ether oxygens (including phenoxy) is 1. The van der Waals surface area contributed by atoms with Gasteiger partial charge in [-0.15, -0.1) is 0 Å². The van der Waals surface area contributed by atoms with Crippen molar-refractivity contribution in [1.29, 1.82) is 0 Å². The number of nitrogens with one attached hydrogen (secondary N) is 1. The minimum atomic E-state index is -0.592. The van der Waals surface area contributed by atoms with Crippen LogP contribution in [0.2, 0.25) is 0 Å². The van der Waals surface area contributed by atoms with Gasteiger partial charge in [0.2, 0.25) is 0 Å². The van der Waals surface area contributed by atoms with Gasteiger partial charge in [-0.2, -0.15) is 0 Å². The van der Waals surface area contributed by atoms with E-state index in [1.54, 1.807) is 6.92 Å². The van der Waals surface area contributed by atoms with E-state index in [4.69, 9.17) is 4.74 Å². The minimum Gasteiger partial charge on any atom is -0.481 e. The van der Waals surface area contributed by atoms with Crippen LogP contribution >= 0.6 is 0 Å². The Labute approximate surface area is 154 Å². The summed E-state index contributed by atoms with van der Waals surface area (Å²) in [6, 6.07) is 27.4. The Balaban J connectivity index is 1.78. The van der Waals surface area contributed by atoms with Crippen LogP contribution in [0.3, 0.4) is 0 Å². The summed E-state index contributed by atoms with van der Waals surface area (Å²) in [7, 11) is 0. The second-order valence-corrected chi connectivity index (χ2v) is 6.29. The van der Waals surface area contributed by atoms with Gasteiger partial charge in [0.1, 0.15) is 5.75 Å². The highest BCUT2D eigenvalue weighted by Crippen LogP contribution is 2.23. The van der Waals surface area contributed by atoms with Crippen molar-refractivity contribution < 1.29 is 9.53 Å². The van der Waals surface area contributed by atoms with Crippen molar-refractivity contribution >= 4 is 5.91 Å². The van der Waals surface area contributed by atoms with Crippen molar-refractivity contribution in [3.8, 4) is 5.75 Å². The normalized spacial score (nSPS) is 11.8. The number of aryl methyl sites for hydroxylation is 1. The molecule has 0 aliphatic heterocycles. The molecule has 1 N–H and O–H groups in total. The molecule has 1 atom stereocenters. The summed E-state index contributed by atoms with van der Waals surface area (Å²) in [5.41, 5.74) is 3.08. The molecule has 0 fully saturated rings. The fourth-order valence-corrected chi connectivity index (χ4v) is 2.84. The molecular weight excluding hydrogens is 322 g/mol. The molecule has 132 valence electrons. The summed E-state index contributed by atoms with van der Waals surface area (Å²) in [6.07, 6.45) is -0.592. The SMILES string of the molecule is Cc1ccccc1O[C@H](C)C(=O)NC(c1ccccc1)c1ccccc1. The first kappa shape index (κ1) is 17.7. The second-order valence-electron chi connectivity index (χ2n) is 6.29. The van der Waals surface area contributed by atoms with Crippen LogP contribution in [0, 0.1) is 6.92 Å². The average molecular weight is 345 g/mol. The lowest BCUT2D eigenvalue weighted by atomic mass is 9.98. The van der Waals surface area contributed by atoms with Gasteiger partial charge in [-0.25, -0.2) is 0 Å². The van der Waals surface area contributed by atoms with Crippen LogP contribution in [0.15, 0.2) is 84.9 Å². The Hall–Kier alpha value is -3.07. The van der Waals surface area contributed by atoms with E-state index in [1.165, 1.54) is 0 Å². The maximum atomic E-state index is 12.8. The first-order chi connectivity index (χ1) is 12.6. The van der Waals surface area contributed by atoms with E-state index < -0.39 is 6.10 Å². The van der Waals surface area contributed by atoms with E-state index in [1.807, 2.05) is 91.9 Å². The molecule has 0 unspecified atom stereocenters. The van der Waals surface area contributed by atoms with E-state index in [2.05, 4.69) is 5.32 Å². The third kappa shape index (κ3) is 4.31. The van der Waals surface area contributed by atoms with Crippen LogP contribution in [0.4, 0.5) is 0 Å². The van der Waals surface area contributed by atoms with Crippen molar-refractivity contribution in [2.45, 2.75) is 26.0 Å². The quantitative estimate of drug-likeness (QED) is 0.705. The van der Waals surface area contributed by atoms with Crippen LogP contribution in [0.1, 0.15) is 29.7 Å². The molecule has 3 aromatic rings. The lowest BCUT2D eigenvalue weighted by Crippen LogP contribution is -2.39. The summed E-state index contributed by atoms with van der Waals surface area (Å²) >= 11 is 0. The van der Waals surface area contributed by atoms with Gasteiger partial charge in [0.05, 0.1) is 6.04 Å². The molecule has 0 bridgehead atoms. The summed E-state index contributed by atoms with van der Waals surface area (Å²) in [4.78, 5) is 12.8.